The van der Waals surface area contributed by atoms with Crippen LogP contribution in [0.5, 0.6) is 0 Å². The average molecular weight is 375 g/mol. The first kappa shape index (κ1) is 17.9. The van der Waals surface area contributed by atoms with Crippen LogP contribution in [0.3, 0.4) is 0 Å². The maximum absolute atomic E-state index is 12.0. The fourth-order valence-corrected chi connectivity index (χ4v) is 4.55. The molecule has 0 unspecified atom stereocenters. The number of thiophene rings is 1. The van der Waals surface area contributed by atoms with E-state index in [0.29, 0.717) is 22.4 Å². The summed E-state index contributed by atoms with van der Waals surface area (Å²) in [6, 6.07) is 9.82. The summed E-state index contributed by atoms with van der Waals surface area (Å²) >= 11 is 7.53. The molecule has 1 aliphatic heterocycles. The molecule has 6 heteroatoms. The second-order valence-corrected chi connectivity index (χ2v) is 7.40. The lowest BCUT2D eigenvalue weighted by Gasteiger charge is -2.38. The zero-order valence-corrected chi connectivity index (χ0v) is 16.1. The second-order valence-electron chi connectivity index (χ2n) is 6.01. The Morgan fingerprint density at radius 2 is 2.20 bits per heavy atom. The van der Waals surface area contributed by atoms with Crippen LogP contribution < -0.4 is 5.32 Å². The van der Waals surface area contributed by atoms with E-state index in [1.165, 1.54) is 17.6 Å². The van der Waals surface area contributed by atoms with Gasteiger partial charge < -0.3 is 15.0 Å². The predicted octanol–water partition coefficient (Wildman–Crippen LogP) is 4.63. The van der Waals surface area contributed by atoms with Crippen LogP contribution in [-0.2, 0) is 11.2 Å². The van der Waals surface area contributed by atoms with Crippen molar-refractivity contribution in [2.75, 3.05) is 19.0 Å². The van der Waals surface area contributed by atoms with E-state index in [-0.39, 0.29) is 5.97 Å². The van der Waals surface area contributed by atoms with Crippen LogP contribution in [0.15, 0.2) is 35.7 Å². The van der Waals surface area contributed by atoms with Gasteiger partial charge in [-0.15, -0.1) is 11.3 Å². The number of anilines is 1. The molecule has 0 amide bonds. The van der Waals surface area contributed by atoms with Gasteiger partial charge in [-0.05, 0) is 54.2 Å². The summed E-state index contributed by atoms with van der Waals surface area (Å²) in [5.41, 5.74) is 2.57. The number of hydrogen-bond acceptors (Lipinski definition) is 4. The molecule has 0 spiro atoms. The van der Waals surface area contributed by atoms with Crippen molar-refractivity contribution in [2.24, 2.45) is 0 Å². The molecule has 4 nitrogen and oxygen atoms in total. The minimum absolute atomic E-state index is 0.297. The Kier molecular flexibility index (Phi) is 5.71. The summed E-state index contributed by atoms with van der Waals surface area (Å²) in [4.78, 5) is 15.7. The van der Waals surface area contributed by atoms with Crippen molar-refractivity contribution in [2.45, 2.75) is 32.2 Å². The van der Waals surface area contributed by atoms with Crippen LogP contribution in [-0.4, -0.2) is 29.6 Å². The monoisotopic (exact) mass is 374 g/mol. The SMILES string of the molecule is CCC[C@H]1c2ccsc2CCN1C(=S)Nc1ccccc1C(=O)OC. The first-order chi connectivity index (χ1) is 12.2. The highest BCUT2D eigenvalue weighted by Gasteiger charge is 2.29. The number of fused-ring (bicyclic) bond motifs is 1. The molecule has 1 aliphatic rings. The highest BCUT2D eigenvalue weighted by Crippen LogP contribution is 2.36. The van der Waals surface area contributed by atoms with Crippen LogP contribution >= 0.6 is 23.6 Å². The number of para-hydroxylation sites is 1. The van der Waals surface area contributed by atoms with Gasteiger partial charge in [0.15, 0.2) is 5.11 Å². The molecule has 0 fully saturated rings. The Morgan fingerprint density at radius 3 is 2.96 bits per heavy atom. The standard InChI is InChI=1S/C19H22N2O2S2/c1-3-6-16-14-10-12-25-17(14)9-11-21(16)19(24)20-15-8-5-4-7-13(15)18(22)23-2/h4-5,7-8,10,12,16H,3,6,9,11H2,1-2H3,(H,20,24)/t16-/m0/s1. The van der Waals surface area contributed by atoms with E-state index >= 15 is 0 Å². The molecule has 1 atom stereocenters. The molecule has 132 valence electrons. The topological polar surface area (TPSA) is 41.6 Å². The number of hydrogen-bond donors (Lipinski definition) is 1. The van der Waals surface area contributed by atoms with Gasteiger partial charge in [0.1, 0.15) is 0 Å². The first-order valence-corrected chi connectivity index (χ1v) is 9.75. The molecule has 25 heavy (non-hydrogen) atoms. The first-order valence-electron chi connectivity index (χ1n) is 8.47. The van der Waals surface area contributed by atoms with Crippen LogP contribution in [0, 0.1) is 0 Å². The third kappa shape index (κ3) is 3.70. The fourth-order valence-electron chi connectivity index (χ4n) is 3.29. The Hall–Kier alpha value is -1.92. The van der Waals surface area contributed by atoms with Gasteiger partial charge in [0.2, 0.25) is 0 Å². The van der Waals surface area contributed by atoms with Crippen molar-refractivity contribution < 1.29 is 9.53 Å². The lowest BCUT2D eigenvalue weighted by molar-refractivity contribution is 0.0602. The van der Waals surface area contributed by atoms with E-state index in [9.17, 15) is 4.79 Å². The molecule has 1 N–H and O–H groups in total. The van der Waals surface area contributed by atoms with Crippen molar-refractivity contribution in [3.63, 3.8) is 0 Å². The summed E-state index contributed by atoms with van der Waals surface area (Å²) in [6.45, 7) is 3.09. The maximum atomic E-state index is 12.0. The van der Waals surface area contributed by atoms with E-state index in [1.54, 1.807) is 6.07 Å². The number of thiocarbonyl (C=S) groups is 1. The van der Waals surface area contributed by atoms with Crippen molar-refractivity contribution in [3.8, 4) is 0 Å². The number of nitrogens with zero attached hydrogens (tertiary/aromatic N) is 1. The van der Waals surface area contributed by atoms with Crippen molar-refractivity contribution in [1.82, 2.24) is 4.90 Å². The van der Waals surface area contributed by atoms with Gasteiger partial charge in [0, 0.05) is 11.4 Å². The smallest absolute Gasteiger partial charge is 0.339 e. The minimum atomic E-state index is -0.366. The number of carbonyl (C=O) groups excluding carboxylic acids is 1. The molecule has 0 aliphatic carbocycles. The number of nitrogens with one attached hydrogen (secondary N) is 1. The lowest BCUT2D eigenvalue weighted by atomic mass is 9.96. The number of ether oxygens (including phenoxy) is 1. The molecule has 0 saturated carbocycles. The van der Waals surface area contributed by atoms with Gasteiger partial charge in [-0.3, -0.25) is 0 Å². The van der Waals surface area contributed by atoms with E-state index in [0.717, 1.165) is 25.8 Å². The Morgan fingerprint density at radius 1 is 1.40 bits per heavy atom. The maximum Gasteiger partial charge on any atom is 0.339 e. The van der Waals surface area contributed by atoms with Crippen molar-refractivity contribution in [3.05, 3.63) is 51.7 Å². The van der Waals surface area contributed by atoms with Gasteiger partial charge >= 0.3 is 5.97 Å². The third-order valence-electron chi connectivity index (χ3n) is 4.49. The molecule has 0 bridgehead atoms. The quantitative estimate of drug-likeness (QED) is 0.624. The molecule has 3 rings (SSSR count). The fraction of sp³-hybridized carbons (Fsp3) is 0.368. The summed E-state index contributed by atoms with van der Waals surface area (Å²) in [5, 5.41) is 6.09. The van der Waals surface area contributed by atoms with Gasteiger partial charge in [-0.25, -0.2) is 4.79 Å². The van der Waals surface area contributed by atoms with Gasteiger partial charge in [-0.1, -0.05) is 25.5 Å². The second kappa shape index (κ2) is 7.97. The molecule has 2 heterocycles. The van der Waals surface area contributed by atoms with Crippen molar-refractivity contribution >= 4 is 40.3 Å². The Bertz CT molecular complexity index is 772. The number of methoxy groups -OCH3 is 1. The summed E-state index contributed by atoms with van der Waals surface area (Å²) in [7, 11) is 1.39. The van der Waals surface area contributed by atoms with Crippen LogP contribution in [0.2, 0.25) is 0 Å². The summed E-state index contributed by atoms with van der Waals surface area (Å²) < 4.78 is 4.87. The molecule has 0 saturated heterocycles. The van der Waals surface area contributed by atoms with Crippen LogP contribution in [0.25, 0.3) is 0 Å². The Labute approximate surface area is 157 Å². The zero-order chi connectivity index (χ0) is 17.8. The molecular weight excluding hydrogens is 352 g/mol. The highest BCUT2D eigenvalue weighted by atomic mass is 32.1. The lowest BCUT2D eigenvalue weighted by Crippen LogP contribution is -2.42. The van der Waals surface area contributed by atoms with Crippen LogP contribution in [0.4, 0.5) is 5.69 Å². The number of benzene rings is 1. The van der Waals surface area contributed by atoms with Gasteiger partial charge in [-0.2, -0.15) is 0 Å². The number of carbonyl (C=O) groups is 1. The van der Waals surface area contributed by atoms with Crippen LogP contribution in [0.1, 0.15) is 46.6 Å². The van der Waals surface area contributed by atoms with E-state index in [2.05, 4.69) is 28.6 Å². The van der Waals surface area contributed by atoms with Gasteiger partial charge in [0.05, 0.1) is 24.4 Å². The van der Waals surface area contributed by atoms with E-state index in [4.69, 9.17) is 17.0 Å². The predicted molar refractivity (Wildman–Crippen MR) is 106 cm³/mol. The number of esters is 1. The molecule has 1 aromatic carbocycles. The minimum Gasteiger partial charge on any atom is -0.465 e. The molecule has 2 aromatic rings. The largest absolute Gasteiger partial charge is 0.465 e. The van der Waals surface area contributed by atoms with E-state index < -0.39 is 0 Å². The zero-order valence-electron chi connectivity index (χ0n) is 14.5. The molecule has 0 radical (unpaired) electrons. The van der Waals surface area contributed by atoms with E-state index in [1.807, 2.05) is 29.5 Å². The number of rotatable bonds is 4. The molecular formula is C19H22N2O2S2. The van der Waals surface area contributed by atoms with Crippen molar-refractivity contribution in [1.29, 1.82) is 0 Å². The summed E-state index contributed by atoms with van der Waals surface area (Å²) in [5.74, 6) is -0.366. The normalized spacial score (nSPS) is 16.2. The Balaban J connectivity index is 1.83. The third-order valence-corrected chi connectivity index (χ3v) is 5.82. The highest BCUT2D eigenvalue weighted by molar-refractivity contribution is 7.80. The summed E-state index contributed by atoms with van der Waals surface area (Å²) in [6.07, 6.45) is 3.16. The average Bonchev–Trinajstić information content (AvgIpc) is 3.11. The molecule has 1 aromatic heterocycles. The van der Waals surface area contributed by atoms with Gasteiger partial charge in [0.25, 0.3) is 0 Å².